The molecular formula is C23H29N5O. The molecule has 0 aliphatic rings. The Morgan fingerprint density at radius 2 is 1.62 bits per heavy atom. The molecule has 1 heterocycles. The van der Waals surface area contributed by atoms with Gasteiger partial charge in [-0.25, -0.2) is 0 Å². The van der Waals surface area contributed by atoms with Gasteiger partial charge in [0.1, 0.15) is 5.75 Å². The Hall–Kier alpha value is -3.15. The molecule has 2 aromatic carbocycles. The summed E-state index contributed by atoms with van der Waals surface area (Å²) in [6, 6.07) is 14.3. The summed E-state index contributed by atoms with van der Waals surface area (Å²) >= 11 is 0. The summed E-state index contributed by atoms with van der Waals surface area (Å²) in [5, 5.41) is 14.9. The van der Waals surface area contributed by atoms with E-state index in [0.29, 0.717) is 30.1 Å². The largest absolute Gasteiger partial charge is 0.496 e. The number of hydrogen-bond acceptors (Lipinski definition) is 6. The lowest BCUT2D eigenvalue weighted by molar-refractivity contribution is 0.410. The lowest BCUT2D eigenvalue weighted by Crippen LogP contribution is -2.09. The van der Waals surface area contributed by atoms with Crippen LogP contribution in [0.15, 0.2) is 48.7 Å². The number of rotatable bonds is 8. The fourth-order valence-corrected chi connectivity index (χ4v) is 3.29. The van der Waals surface area contributed by atoms with E-state index in [0.717, 1.165) is 17.0 Å². The van der Waals surface area contributed by atoms with Crippen molar-refractivity contribution in [2.75, 3.05) is 17.7 Å². The minimum Gasteiger partial charge on any atom is -0.496 e. The summed E-state index contributed by atoms with van der Waals surface area (Å²) in [5.41, 5.74) is 4.66. The van der Waals surface area contributed by atoms with Gasteiger partial charge < -0.3 is 15.4 Å². The Morgan fingerprint density at radius 1 is 0.931 bits per heavy atom. The van der Waals surface area contributed by atoms with E-state index in [-0.39, 0.29) is 0 Å². The summed E-state index contributed by atoms with van der Waals surface area (Å²) in [6.07, 6.45) is 1.65. The zero-order valence-corrected chi connectivity index (χ0v) is 17.7. The standard InChI is InChI=1S/C23H29N5O/c1-15(2)18-10-8-11-19(16(3)4)22(18)26-21-14-25-28-23(27-21)24-13-17-9-6-7-12-20(17)29-5/h6-12,14-16H,13H2,1-5H3,(H2,24,26,27,28). The normalized spacial score (nSPS) is 11.0. The van der Waals surface area contributed by atoms with E-state index in [4.69, 9.17) is 4.74 Å². The van der Waals surface area contributed by atoms with Gasteiger partial charge in [0.25, 0.3) is 0 Å². The van der Waals surface area contributed by atoms with Crippen LogP contribution >= 0.6 is 0 Å². The Kier molecular flexibility index (Phi) is 6.65. The predicted molar refractivity (Wildman–Crippen MR) is 118 cm³/mol. The highest BCUT2D eigenvalue weighted by atomic mass is 16.5. The summed E-state index contributed by atoms with van der Waals surface area (Å²) in [7, 11) is 1.67. The van der Waals surface area contributed by atoms with Gasteiger partial charge in [-0.15, -0.1) is 5.10 Å². The van der Waals surface area contributed by atoms with Crippen molar-refractivity contribution in [1.82, 2.24) is 15.2 Å². The minimum absolute atomic E-state index is 0.397. The second-order valence-electron chi connectivity index (χ2n) is 7.58. The van der Waals surface area contributed by atoms with Gasteiger partial charge in [-0.1, -0.05) is 64.1 Å². The number of para-hydroxylation sites is 2. The van der Waals surface area contributed by atoms with Crippen molar-refractivity contribution in [1.29, 1.82) is 0 Å². The maximum absolute atomic E-state index is 5.40. The number of benzene rings is 2. The predicted octanol–water partition coefficient (Wildman–Crippen LogP) is 5.48. The van der Waals surface area contributed by atoms with Gasteiger partial charge in [-0.05, 0) is 29.0 Å². The van der Waals surface area contributed by atoms with Crippen LogP contribution in [-0.2, 0) is 6.54 Å². The van der Waals surface area contributed by atoms with E-state index < -0.39 is 0 Å². The summed E-state index contributed by atoms with van der Waals surface area (Å²) in [5.74, 6) is 2.75. The molecule has 6 nitrogen and oxygen atoms in total. The highest BCUT2D eigenvalue weighted by molar-refractivity contribution is 5.66. The maximum atomic E-state index is 5.40. The molecule has 6 heteroatoms. The number of nitrogens with one attached hydrogen (secondary N) is 2. The van der Waals surface area contributed by atoms with Gasteiger partial charge in [0.15, 0.2) is 5.82 Å². The highest BCUT2D eigenvalue weighted by Crippen LogP contribution is 2.34. The van der Waals surface area contributed by atoms with E-state index in [1.54, 1.807) is 13.3 Å². The van der Waals surface area contributed by atoms with Crippen molar-refractivity contribution in [3.8, 4) is 5.75 Å². The molecule has 0 saturated carbocycles. The van der Waals surface area contributed by atoms with Crippen molar-refractivity contribution in [2.24, 2.45) is 0 Å². The van der Waals surface area contributed by atoms with E-state index in [9.17, 15) is 0 Å². The van der Waals surface area contributed by atoms with Crippen molar-refractivity contribution in [3.63, 3.8) is 0 Å². The van der Waals surface area contributed by atoms with Crippen LogP contribution in [0.5, 0.6) is 5.75 Å². The Balaban J connectivity index is 1.82. The first-order valence-corrected chi connectivity index (χ1v) is 9.95. The number of methoxy groups -OCH3 is 1. The Labute approximate surface area is 172 Å². The summed E-state index contributed by atoms with van der Waals surface area (Å²) in [4.78, 5) is 4.60. The van der Waals surface area contributed by atoms with Crippen LogP contribution in [0.25, 0.3) is 0 Å². The van der Waals surface area contributed by atoms with Gasteiger partial charge in [-0.3, -0.25) is 0 Å². The molecule has 0 saturated heterocycles. The lowest BCUT2D eigenvalue weighted by atomic mass is 9.92. The molecule has 2 N–H and O–H groups in total. The van der Waals surface area contributed by atoms with Crippen LogP contribution in [-0.4, -0.2) is 22.3 Å². The minimum atomic E-state index is 0.397. The summed E-state index contributed by atoms with van der Waals surface area (Å²) < 4.78 is 5.40. The number of ether oxygens (including phenoxy) is 1. The smallest absolute Gasteiger partial charge is 0.244 e. The van der Waals surface area contributed by atoms with Crippen LogP contribution in [0, 0.1) is 0 Å². The number of anilines is 3. The third kappa shape index (κ3) is 5.02. The molecule has 29 heavy (non-hydrogen) atoms. The SMILES string of the molecule is COc1ccccc1CNc1nncc(Nc2c(C(C)C)cccc2C(C)C)n1. The third-order valence-corrected chi connectivity index (χ3v) is 4.81. The first-order valence-electron chi connectivity index (χ1n) is 9.95. The molecule has 0 aliphatic heterocycles. The molecule has 152 valence electrons. The molecule has 0 unspecified atom stereocenters. The fourth-order valence-electron chi connectivity index (χ4n) is 3.29. The van der Waals surface area contributed by atoms with E-state index in [1.807, 2.05) is 24.3 Å². The number of hydrogen-bond donors (Lipinski definition) is 2. The molecule has 0 radical (unpaired) electrons. The average Bonchev–Trinajstić information content (AvgIpc) is 2.72. The molecule has 0 amide bonds. The molecule has 0 fully saturated rings. The molecule has 0 spiro atoms. The molecule has 0 bridgehead atoms. The Bertz CT molecular complexity index is 929. The number of aromatic nitrogens is 3. The van der Waals surface area contributed by atoms with Crippen molar-refractivity contribution >= 4 is 17.5 Å². The van der Waals surface area contributed by atoms with Crippen molar-refractivity contribution < 1.29 is 4.74 Å². The second kappa shape index (κ2) is 9.37. The summed E-state index contributed by atoms with van der Waals surface area (Å²) in [6.45, 7) is 9.34. The molecular weight excluding hydrogens is 362 g/mol. The van der Waals surface area contributed by atoms with E-state index in [2.05, 4.69) is 71.7 Å². The fraction of sp³-hybridized carbons (Fsp3) is 0.348. The van der Waals surface area contributed by atoms with Crippen LogP contribution in [0.2, 0.25) is 0 Å². The average molecular weight is 392 g/mol. The Morgan fingerprint density at radius 3 is 2.28 bits per heavy atom. The van der Waals surface area contributed by atoms with Crippen LogP contribution in [0.1, 0.15) is 56.2 Å². The molecule has 3 aromatic rings. The van der Waals surface area contributed by atoms with Gasteiger partial charge in [0.2, 0.25) is 5.95 Å². The number of nitrogens with zero attached hydrogens (tertiary/aromatic N) is 3. The van der Waals surface area contributed by atoms with Crippen LogP contribution in [0.4, 0.5) is 17.5 Å². The lowest BCUT2D eigenvalue weighted by Gasteiger charge is -2.20. The molecule has 0 atom stereocenters. The van der Waals surface area contributed by atoms with Crippen molar-refractivity contribution in [3.05, 3.63) is 65.4 Å². The zero-order valence-electron chi connectivity index (χ0n) is 17.7. The van der Waals surface area contributed by atoms with Gasteiger partial charge in [0.05, 0.1) is 13.3 Å². The van der Waals surface area contributed by atoms with Crippen LogP contribution < -0.4 is 15.4 Å². The van der Waals surface area contributed by atoms with Crippen LogP contribution in [0.3, 0.4) is 0 Å². The van der Waals surface area contributed by atoms with E-state index >= 15 is 0 Å². The topological polar surface area (TPSA) is 72.0 Å². The monoisotopic (exact) mass is 391 g/mol. The molecule has 0 aliphatic carbocycles. The molecule has 3 rings (SSSR count). The highest BCUT2D eigenvalue weighted by Gasteiger charge is 2.15. The zero-order chi connectivity index (χ0) is 20.8. The van der Waals surface area contributed by atoms with Gasteiger partial charge >= 0.3 is 0 Å². The molecule has 1 aromatic heterocycles. The quantitative estimate of drug-likeness (QED) is 0.529. The van der Waals surface area contributed by atoms with Crippen molar-refractivity contribution in [2.45, 2.75) is 46.1 Å². The van der Waals surface area contributed by atoms with E-state index in [1.165, 1.54) is 11.1 Å². The third-order valence-electron chi connectivity index (χ3n) is 4.81. The second-order valence-corrected chi connectivity index (χ2v) is 7.58. The van der Waals surface area contributed by atoms with Gasteiger partial charge in [0, 0.05) is 17.8 Å². The van der Waals surface area contributed by atoms with Gasteiger partial charge in [-0.2, -0.15) is 10.1 Å². The first kappa shape index (κ1) is 20.6. The maximum Gasteiger partial charge on any atom is 0.244 e. The first-order chi connectivity index (χ1) is 14.0.